The van der Waals surface area contributed by atoms with E-state index in [-0.39, 0.29) is 5.17 Å². The lowest BCUT2D eigenvalue weighted by molar-refractivity contribution is -0.120. The summed E-state index contributed by atoms with van der Waals surface area (Å²) in [5, 5.41) is 3.40. The van der Waals surface area contributed by atoms with Gasteiger partial charge < -0.3 is 0 Å². The topological polar surface area (TPSA) is 74.5 Å². The number of nitroso groups, excluding NO2 is 1. The Labute approximate surface area is 72.9 Å². The summed E-state index contributed by atoms with van der Waals surface area (Å²) in [5.74, 6) is -0.544. The van der Waals surface area contributed by atoms with Gasteiger partial charge in [0.05, 0.1) is 5.29 Å². The summed E-state index contributed by atoms with van der Waals surface area (Å²) in [6.45, 7) is 0. The molecule has 0 aromatic rings. The average molecular weight is 189 g/mol. The molecule has 1 atom stereocenters. The largest absolute Gasteiger partial charge is 0.278 e. The van der Waals surface area contributed by atoms with Gasteiger partial charge in [-0.25, -0.2) is 10.0 Å². The van der Waals surface area contributed by atoms with Crippen molar-refractivity contribution < 1.29 is 4.79 Å². The molecule has 0 fully saturated rings. The minimum atomic E-state index is -0.964. The molecule has 1 amide bonds. The number of aliphatic imine (C=N–C) groups is 2. The Bertz CT molecular complexity index is 275. The Balaban J connectivity index is 2.89. The average Bonchev–Trinajstić information content (AvgIpc) is 2.03. The second-order valence-electron chi connectivity index (χ2n) is 2.09. The summed E-state index contributed by atoms with van der Waals surface area (Å²) in [5.41, 5.74) is 0. The first-order valence-electron chi connectivity index (χ1n) is 3.02. The molecule has 7 heteroatoms. The fourth-order valence-electron chi connectivity index (χ4n) is 0.745. The highest BCUT2D eigenvalue weighted by Crippen LogP contribution is 2.08. The highest BCUT2D eigenvalue weighted by molar-refractivity contribution is 6.69. The fourth-order valence-corrected chi connectivity index (χ4v) is 1.02. The van der Waals surface area contributed by atoms with E-state index in [1.54, 1.807) is 0 Å². The van der Waals surface area contributed by atoms with Crippen LogP contribution in [0.2, 0.25) is 0 Å². The summed E-state index contributed by atoms with van der Waals surface area (Å²) in [4.78, 5) is 28.0. The van der Waals surface area contributed by atoms with Crippen LogP contribution in [-0.4, -0.2) is 35.5 Å². The number of carbonyl (C=O) groups is 1. The fraction of sp³-hybridized carbons (Fsp3) is 0.400. The smallest absolute Gasteiger partial charge is 0.270 e. The molecule has 0 aliphatic carbocycles. The maximum atomic E-state index is 11.0. The molecular weight excluding hydrogens is 184 g/mol. The molecule has 0 radical (unpaired) electrons. The summed E-state index contributed by atoms with van der Waals surface area (Å²) >= 11 is 5.55. The molecule has 0 aromatic heterocycles. The van der Waals surface area contributed by atoms with E-state index in [1.165, 1.54) is 7.05 Å². The number of rotatable bonds is 2. The van der Waals surface area contributed by atoms with Crippen molar-refractivity contribution in [1.82, 2.24) is 5.01 Å². The highest BCUT2D eigenvalue weighted by Gasteiger charge is 2.29. The normalized spacial score (nSPS) is 22.0. The van der Waals surface area contributed by atoms with E-state index < -0.39 is 11.9 Å². The number of nitrogens with zero attached hydrogens (tertiary/aromatic N) is 4. The Morgan fingerprint density at radius 3 is 2.92 bits per heavy atom. The number of hydrogen-bond acceptors (Lipinski definition) is 4. The molecular formula is C5H5ClN4O2. The van der Waals surface area contributed by atoms with Crippen LogP contribution in [0.5, 0.6) is 0 Å². The first-order chi connectivity index (χ1) is 5.66. The Morgan fingerprint density at radius 2 is 2.42 bits per heavy atom. The molecule has 1 rings (SSSR count). The van der Waals surface area contributed by atoms with Gasteiger partial charge in [-0.2, -0.15) is 4.99 Å². The lowest BCUT2D eigenvalue weighted by atomic mass is 10.3. The first kappa shape index (κ1) is 8.79. The van der Waals surface area contributed by atoms with Gasteiger partial charge in [-0.15, -0.1) is 4.91 Å². The SMILES string of the molecule is CN(N=O)C1C(=O)N=CN=C1Cl. The second kappa shape index (κ2) is 3.40. The third kappa shape index (κ3) is 1.48. The van der Waals surface area contributed by atoms with Crippen molar-refractivity contribution in [2.75, 3.05) is 7.05 Å². The van der Waals surface area contributed by atoms with E-state index in [1.807, 2.05) is 0 Å². The van der Waals surface area contributed by atoms with Gasteiger partial charge in [0.1, 0.15) is 11.5 Å². The molecule has 1 heterocycles. The predicted molar refractivity (Wildman–Crippen MR) is 44.1 cm³/mol. The molecule has 0 saturated heterocycles. The molecule has 1 unspecified atom stereocenters. The maximum absolute atomic E-state index is 11.0. The minimum absolute atomic E-state index is 0.00269. The Hall–Kier alpha value is -1.30. The van der Waals surface area contributed by atoms with E-state index in [4.69, 9.17) is 11.6 Å². The van der Waals surface area contributed by atoms with Gasteiger partial charge in [-0.05, 0) is 0 Å². The van der Waals surface area contributed by atoms with E-state index in [0.717, 1.165) is 11.3 Å². The van der Waals surface area contributed by atoms with E-state index >= 15 is 0 Å². The van der Waals surface area contributed by atoms with Crippen molar-refractivity contribution in [3.05, 3.63) is 4.91 Å². The number of amides is 1. The lowest BCUT2D eigenvalue weighted by Crippen LogP contribution is -2.40. The minimum Gasteiger partial charge on any atom is -0.270 e. The van der Waals surface area contributed by atoms with Gasteiger partial charge in [0.15, 0.2) is 6.04 Å². The van der Waals surface area contributed by atoms with Crippen LogP contribution < -0.4 is 0 Å². The van der Waals surface area contributed by atoms with Gasteiger partial charge in [-0.3, -0.25) is 4.79 Å². The number of likely N-dealkylation sites (N-methyl/N-ethyl adjacent to an activating group) is 1. The molecule has 6 nitrogen and oxygen atoms in total. The Kier molecular flexibility index (Phi) is 2.49. The lowest BCUT2D eigenvalue weighted by Gasteiger charge is -2.18. The van der Waals surface area contributed by atoms with Gasteiger partial charge in [0.25, 0.3) is 5.91 Å². The molecule has 0 saturated carbocycles. The van der Waals surface area contributed by atoms with Crippen LogP contribution in [0.4, 0.5) is 0 Å². The number of carbonyl (C=O) groups excluding carboxylic acids is 1. The third-order valence-electron chi connectivity index (χ3n) is 1.33. The van der Waals surface area contributed by atoms with Gasteiger partial charge in [0, 0.05) is 7.05 Å². The zero-order valence-corrected chi connectivity index (χ0v) is 6.89. The zero-order valence-electron chi connectivity index (χ0n) is 6.14. The maximum Gasteiger partial charge on any atom is 0.278 e. The standard InChI is InChI=1S/C5H5ClN4O2/c1-10(9-12)3-4(6)7-2-8-5(3)11/h2-3H,1H3. The molecule has 12 heavy (non-hydrogen) atoms. The molecule has 1 aliphatic heterocycles. The highest BCUT2D eigenvalue weighted by atomic mass is 35.5. The van der Waals surface area contributed by atoms with Gasteiger partial charge >= 0.3 is 0 Å². The summed E-state index contributed by atoms with van der Waals surface area (Å²) in [6.07, 6.45) is 1.04. The molecule has 0 aromatic carbocycles. The molecule has 0 N–H and O–H groups in total. The number of halogens is 1. The Morgan fingerprint density at radius 1 is 1.75 bits per heavy atom. The van der Waals surface area contributed by atoms with E-state index in [9.17, 15) is 9.70 Å². The van der Waals surface area contributed by atoms with Crippen molar-refractivity contribution >= 4 is 29.0 Å². The van der Waals surface area contributed by atoms with Crippen LogP contribution in [-0.2, 0) is 4.79 Å². The third-order valence-corrected chi connectivity index (χ3v) is 1.63. The summed E-state index contributed by atoms with van der Waals surface area (Å²) < 4.78 is 0. The molecule has 1 aliphatic rings. The van der Waals surface area contributed by atoms with E-state index in [2.05, 4.69) is 15.3 Å². The monoisotopic (exact) mass is 188 g/mol. The van der Waals surface area contributed by atoms with E-state index in [0.29, 0.717) is 0 Å². The molecule has 0 bridgehead atoms. The van der Waals surface area contributed by atoms with Crippen LogP contribution in [0.3, 0.4) is 0 Å². The van der Waals surface area contributed by atoms with Gasteiger partial charge in [-0.1, -0.05) is 11.6 Å². The summed E-state index contributed by atoms with van der Waals surface area (Å²) in [7, 11) is 1.33. The quantitative estimate of drug-likeness (QED) is 0.458. The first-order valence-corrected chi connectivity index (χ1v) is 3.40. The van der Waals surface area contributed by atoms with Crippen LogP contribution in [0.15, 0.2) is 15.3 Å². The zero-order chi connectivity index (χ0) is 9.14. The molecule has 64 valence electrons. The van der Waals surface area contributed by atoms with Crippen LogP contribution in [0, 0.1) is 4.91 Å². The summed E-state index contributed by atoms with van der Waals surface area (Å²) in [6, 6.07) is -0.964. The van der Waals surface area contributed by atoms with Crippen LogP contribution >= 0.6 is 11.6 Å². The van der Waals surface area contributed by atoms with Crippen molar-refractivity contribution in [2.24, 2.45) is 15.3 Å². The van der Waals surface area contributed by atoms with Crippen molar-refractivity contribution in [3.8, 4) is 0 Å². The molecule has 0 spiro atoms. The predicted octanol–water partition coefficient (Wildman–Crippen LogP) is 0.174. The second-order valence-corrected chi connectivity index (χ2v) is 2.48. The van der Waals surface area contributed by atoms with Crippen molar-refractivity contribution in [1.29, 1.82) is 0 Å². The van der Waals surface area contributed by atoms with Crippen molar-refractivity contribution in [2.45, 2.75) is 6.04 Å². The number of hydrogen-bond donors (Lipinski definition) is 0. The van der Waals surface area contributed by atoms with Gasteiger partial charge in [0.2, 0.25) is 0 Å². The van der Waals surface area contributed by atoms with Crippen LogP contribution in [0.25, 0.3) is 0 Å². The van der Waals surface area contributed by atoms with Crippen LogP contribution in [0.1, 0.15) is 0 Å². The van der Waals surface area contributed by atoms with Crippen molar-refractivity contribution in [3.63, 3.8) is 0 Å².